The summed E-state index contributed by atoms with van der Waals surface area (Å²) in [6.07, 6.45) is 8.68. The minimum Gasteiger partial charge on any atom is -0.356 e. The number of carbonyl (C=O) groups excluding carboxylic acids is 1. The number of aryl methyl sites for hydroxylation is 1. The second kappa shape index (κ2) is 8.94. The Balaban J connectivity index is 1.40. The molecule has 8 nitrogen and oxygen atoms in total. The van der Waals surface area contributed by atoms with Crippen LogP contribution >= 0.6 is 0 Å². The van der Waals surface area contributed by atoms with E-state index in [-0.39, 0.29) is 11.8 Å². The SMILES string of the molecule is Cc1cc(-c2cnc(N3CCCC3)nc2C2CCCN(C(=O)CN3CCCC3)C2)on1. The van der Waals surface area contributed by atoms with E-state index in [9.17, 15) is 4.79 Å². The summed E-state index contributed by atoms with van der Waals surface area (Å²) in [6.45, 7) is 8.12. The maximum atomic E-state index is 13.0. The first kappa shape index (κ1) is 20.4. The highest BCUT2D eigenvalue weighted by Gasteiger charge is 2.30. The Kier molecular flexibility index (Phi) is 5.89. The smallest absolute Gasteiger partial charge is 0.236 e. The van der Waals surface area contributed by atoms with Crippen LogP contribution in [0.5, 0.6) is 0 Å². The molecule has 1 unspecified atom stereocenters. The second-order valence-corrected chi connectivity index (χ2v) is 9.16. The molecule has 31 heavy (non-hydrogen) atoms. The lowest BCUT2D eigenvalue weighted by Crippen LogP contribution is -2.44. The van der Waals surface area contributed by atoms with E-state index in [1.165, 1.54) is 25.7 Å². The number of hydrogen-bond acceptors (Lipinski definition) is 7. The molecule has 2 aromatic rings. The topological polar surface area (TPSA) is 78.6 Å². The fraction of sp³-hybridized carbons (Fsp3) is 0.652. The molecule has 1 atom stereocenters. The van der Waals surface area contributed by atoms with Crippen molar-refractivity contribution in [1.82, 2.24) is 24.9 Å². The number of piperidine rings is 1. The second-order valence-electron chi connectivity index (χ2n) is 9.16. The number of anilines is 1. The minimum absolute atomic E-state index is 0.182. The molecule has 0 aliphatic carbocycles. The van der Waals surface area contributed by atoms with E-state index < -0.39 is 0 Å². The molecule has 5 heterocycles. The average Bonchev–Trinajstić information content (AvgIpc) is 3.57. The highest BCUT2D eigenvalue weighted by molar-refractivity contribution is 5.78. The van der Waals surface area contributed by atoms with Gasteiger partial charge in [-0.3, -0.25) is 9.69 Å². The van der Waals surface area contributed by atoms with E-state index in [2.05, 4.69) is 19.9 Å². The van der Waals surface area contributed by atoms with Crippen LogP contribution in [-0.4, -0.2) is 76.6 Å². The molecule has 166 valence electrons. The molecule has 5 rings (SSSR count). The lowest BCUT2D eigenvalue weighted by atomic mass is 9.91. The predicted molar refractivity (Wildman–Crippen MR) is 118 cm³/mol. The van der Waals surface area contributed by atoms with Crippen molar-refractivity contribution >= 4 is 11.9 Å². The van der Waals surface area contributed by atoms with Crippen molar-refractivity contribution in [2.24, 2.45) is 0 Å². The largest absolute Gasteiger partial charge is 0.356 e. The highest BCUT2D eigenvalue weighted by atomic mass is 16.5. The van der Waals surface area contributed by atoms with Crippen LogP contribution in [0.1, 0.15) is 55.8 Å². The van der Waals surface area contributed by atoms with Gasteiger partial charge in [-0.1, -0.05) is 5.16 Å². The zero-order valence-corrected chi connectivity index (χ0v) is 18.4. The Morgan fingerprint density at radius 3 is 2.61 bits per heavy atom. The van der Waals surface area contributed by atoms with Crippen molar-refractivity contribution < 1.29 is 9.32 Å². The summed E-state index contributed by atoms with van der Waals surface area (Å²) in [6, 6.07) is 1.94. The number of amides is 1. The van der Waals surface area contributed by atoms with Crippen molar-refractivity contribution in [3.63, 3.8) is 0 Å². The van der Waals surface area contributed by atoms with Crippen molar-refractivity contribution in [2.45, 2.75) is 51.4 Å². The summed E-state index contributed by atoms with van der Waals surface area (Å²) < 4.78 is 5.58. The molecular formula is C23H32N6O2. The Bertz CT molecular complexity index is 917. The van der Waals surface area contributed by atoms with Gasteiger partial charge in [-0.25, -0.2) is 9.97 Å². The first-order chi connectivity index (χ1) is 15.2. The molecule has 1 amide bonds. The van der Waals surface area contributed by atoms with Crippen molar-refractivity contribution in [3.8, 4) is 11.3 Å². The predicted octanol–water partition coefficient (Wildman–Crippen LogP) is 2.84. The van der Waals surface area contributed by atoms with E-state index in [0.29, 0.717) is 18.8 Å². The molecule has 0 spiro atoms. The van der Waals surface area contributed by atoms with Gasteiger partial charge >= 0.3 is 0 Å². The third kappa shape index (κ3) is 4.44. The standard InChI is InChI=1S/C23H32N6O2/c1-17-13-20(31-26-17)19-14-24-23(28-10-4-5-11-28)25-22(19)18-7-6-12-29(15-18)21(30)16-27-8-2-3-9-27/h13-14,18H,2-12,15-16H2,1H3. The molecule has 3 fully saturated rings. The molecule has 0 radical (unpaired) electrons. The van der Waals surface area contributed by atoms with E-state index in [4.69, 9.17) is 9.51 Å². The number of nitrogens with zero attached hydrogens (tertiary/aromatic N) is 6. The number of rotatable bonds is 5. The van der Waals surface area contributed by atoms with E-state index in [0.717, 1.165) is 68.5 Å². The van der Waals surface area contributed by atoms with Gasteiger partial charge in [0.05, 0.1) is 23.5 Å². The number of likely N-dealkylation sites (tertiary alicyclic amines) is 2. The van der Waals surface area contributed by atoms with E-state index >= 15 is 0 Å². The van der Waals surface area contributed by atoms with Gasteiger partial charge in [-0.05, 0) is 58.5 Å². The quantitative estimate of drug-likeness (QED) is 0.730. The van der Waals surface area contributed by atoms with Gasteiger partial charge in [0.2, 0.25) is 11.9 Å². The van der Waals surface area contributed by atoms with Crippen molar-refractivity contribution in [2.75, 3.05) is 50.7 Å². The maximum absolute atomic E-state index is 13.0. The number of aromatic nitrogens is 3. The Morgan fingerprint density at radius 1 is 1.10 bits per heavy atom. The zero-order chi connectivity index (χ0) is 21.2. The normalized spacial score (nSPS) is 22.4. The third-order valence-electron chi connectivity index (χ3n) is 6.81. The van der Waals surface area contributed by atoms with Crippen molar-refractivity contribution in [1.29, 1.82) is 0 Å². The molecule has 0 aromatic carbocycles. The average molecular weight is 425 g/mol. The molecular weight excluding hydrogens is 392 g/mol. The number of carbonyl (C=O) groups is 1. The first-order valence-corrected chi connectivity index (χ1v) is 11.7. The number of hydrogen-bond donors (Lipinski definition) is 0. The lowest BCUT2D eigenvalue weighted by molar-refractivity contribution is -0.133. The van der Waals surface area contributed by atoms with Gasteiger partial charge in [-0.15, -0.1) is 0 Å². The van der Waals surface area contributed by atoms with Crippen LogP contribution in [0.2, 0.25) is 0 Å². The molecule has 0 saturated carbocycles. The molecule has 3 aliphatic rings. The van der Waals surface area contributed by atoms with Gasteiger partial charge < -0.3 is 14.3 Å². The molecule has 0 N–H and O–H groups in total. The summed E-state index contributed by atoms with van der Waals surface area (Å²) in [5, 5.41) is 4.07. The Labute approximate surface area is 183 Å². The summed E-state index contributed by atoms with van der Waals surface area (Å²) >= 11 is 0. The van der Waals surface area contributed by atoms with Crippen LogP contribution in [0.25, 0.3) is 11.3 Å². The molecule has 3 saturated heterocycles. The van der Waals surface area contributed by atoms with Gasteiger partial charge in [0.25, 0.3) is 0 Å². The Morgan fingerprint density at radius 2 is 1.87 bits per heavy atom. The van der Waals surface area contributed by atoms with E-state index in [1.54, 1.807) is 0 Å². The van der Waals surface area contributed by atoms with Crippen LogP contribution in [0.4, 0.5) is 5.95 Å². The summed E-state index contributed by atoms with van der Waals surface area (Å²) in [5.74, 6) is 1.94. The lowest BCUT2D eigenvalue weighted by Gasteiger charge is -2.34. The molecule has 0 bridgehead atoms. The Hall–Kier alpha value is -2.48. The molecule has 2 aromatic heterocycles. The third-order valence-corrected chi connectivity index (χ3v) is 6.81. The maximum Gasteiger partial charge on any atom is 0.236 e. The van der Waals surface area contributed by atoms with Crippen LogP contribution in [0.3, 0.4) is 0 Å². The molecule has 8 heteroatoms. The monoisotopic (exact) mass is 424 g/mol. The summed E-state index contributed by atoms with van der Waals surface area (Å²) in [4.78, 5) is 29.3. The highest BCUT2D eigenvalue weighted by Crippen LogP contribution is 2.34. The molecule has 3 aliphatic heterocycles. The summed E-state index contributed by atoms with van der Waals surface area (Å²) in [7, 11) is 0. The zero-order valence-electron chi connectivity index (χ0n) is 18.4. The van der Waals surface area contributed by atoms with Gasteiger partial charge in [0, 0.05) is 44.4 Å². The minimum atomic E-state index is 0.182. The van der Waals surface area contributed by atoms with Crippen molar-refractivity contribution in [3.05, 3.63) is 23.7 Å². The van der Waals surface area contributed by atoms with Crippen LogP contribution in [0.15, 0.2) is 16.8 Å². The van der Waals surface area contributed by atoms with E-state index in [1.807, 2.05) is 24.1 Å². The van der Waals surface area contributed by atoms with Crippen LogP contribution in [-0.2, 0) is 4.79 Å². The first-order valence-electron chi connectivity index (χ1n) is 11.7. The fourth-order valence-corrected chi connectivity index (χ4v) is 5.11. The fourth-order valence-electron chi connectivity index (χ4n) is 5.11. The van der Waals surface area contributed by atoms with Gasteiger partial charge in [0.1, 0.15) is 0 Å². The van der Waals surface area contributed by atoms with Crippen LogP contribution < -0.4 is 4.90 Å². The summed E-state index contributed by atoms with van der Waals surface area (Å²) in [5.41, 5.74) is 2.74. The van der Waals surface area contributed by atoms with Gasteiger partial charge in [0.15, 0.2) is 5.76 Å². The van der Waals surface area contributed by atoms with Gasteiger partial charge in [-0.2, -0.15) is 0 Å². The van der Waals surface area contributed by atoms with Crippen LogP contribution in [0, 0.1) is 6.92 Å².